The Morgan fingerprint density at radius 2 is 1.93 bits per heavy atom. The lowest BCUT2D eigenvalue weighted by atomic mass is 9.87. The molecule has 7 nitrogen and oxygen atoms in total. The van der Waals surface area contributed by atoms with Crippen molar-refractivity contribution in [2.45, 2.75) is 50.0 Å². The van der Waals surface area contributed by atoms with Crippen LogP contribution in [0.25, 0.3) is 0 Å². The summed E-state index contributed by atoms with van der Waals surface area (Å²) in [6.45, 7) is 2.70. The Morgan fingerprint density at radius 1 is 1.14 bits per heavy atom. The summed E-state index contributed by atoms with van der Waals surface area (Å²) >= 11 is 0. The fourth-order valence-electron chi connectivity index (χ4n) is 5.21. The van der Waals surface area contributed by atoms with Gasteiger partial charge in [-0.2, -0.15) is 0 Å². The number of nitrogens with one attached hydrogen (secondary N) is 2. The molecule has 4 unspecified atom stereocenters. The fourth-order valence-corrected chi connectivity index (χ4v) is 5.21. The van der Waals surface area contributed by atoms with Crippen molar-refractivity contribution in [3.63, 3.8) is 0 Å². The van der Waals surface area contributed by atoms with Crippen molar-refractivity contribution in [2.75, 3.05) is 24.5 Å². The van der Waals surface area contributed by atoms with E-state index in [-0.39, 0.29) is 17.8 Å². The molecule has 0 spiro atoms. The molecule has 0 saturated carbocycles. The number of nitrogens with zero attached hydrogens (tertiary/aromatic N) is 2. The highest BCUT2D eigenvalue weighted by atomic mass is 19.1. The number of hydrogen-bond donors (Lipinski definition) is 2. The first kappa shape index (κ1) is 17.8. The topological polar surface area (TPSA) is 81.8 Å². The van der Waals surface area contributed by atoms with E-state index in [1.807, 2.05) is 0 Å². The van der Waals surface area contributed by atoms with Gasteiger partial charge >= 0.3 is 0 Å². The molecule has 5 rings (SSSR count). The second-order valence-electron chi connectivity index (χ2n) is 8.21. The number of ketones is 1. The molecule has 0 aliphatic carbocycles. The average Bonchev–Trinajstić information content (AvgIpc) is 3.04. The number of Topliss-reactive ketones (excluding diaryl/α,β-unsaturated/α-hetero) is 1. The molecule has 148 valence electrons. The molecule has 4 atom stereocenters. The van der Waals surface area contributed by atoms with Crippen molar-refractivity contribution in [1.82, 2.24) is 15.5 Å². The maximum atomic E-state index is 14.3. The second kappa shape index (κ2) is 6.63. The molecule has 2 bridgehead atoms. The number of amides is 1. The number of benzene rings is 1. The molecular weight excluding hydrogens is 363 g/mol. The van der Waals surface area contributed by atoms with E-state index < -0.39 is 11.8 Å². The van der Waals surface area contributed by atoms with E-state index >= 15 is 0 Å². The first-order valence-electron chi connectivity index (χ1n) is 9.91. The van der Waals surface area contributed by atoms with Crippen molar-refractivity contribution in [3.8, 4) is 0 Å². The average molecular weight is 386 g/mol. The highest BCUT2D eigenvalue weighted by Crippen LogP contribution is 2.41. The molecule has 1 aromatic rings. The monoisotopic (exact) mass is 386 g/mol. The number of fused-ring (bicyclic) bond motifs is 3. The van der Waals surface area contributed by atoms with E-state index in [0.29, 0.717) is 49.9 Å². The van der Waals surface area contributed by atoms with E-state index in [4.69, 9.17) is 0 Å². The number of piperazine rings is 1. The predicted octanol–water partition coefficient (Wildman–Crippen LogP) is 0.221. The van der Waals surface area contributed by atoms with Gasteiger partial charge in [0, 0.05) is 61.1 Å². The van der Waals surface area contributed by atoms with Gasteiger partial charge in [0.1, 0.15) is 5.82 Å². The molecule has 0 aromatic heterocycles. The van der Waals surface area contributed by atoms with Crippen molar-refractivity contribution in [3.05, 3.63) is 29.1 Å². The molecule has 4 aliphatic rings. The van der Waals surface area contributed by atoms with Crippen LogP contribution in [0.2, 0.25) is 0 Å². The number of hydrogen-bond acceptors (Lipinski definition) is 6. The normalized spacial score (nSPS) is 31.4. The van der Waals surface area contributed by atoms with Gasteiger partial charge in [0.25, 0.3) is 5.91 Å². The maximum Gasteiger partial charge on any atom is 0.254 e. The van der Waals surface area contributed by atoms with E-state index in [2.05, 4.69) is 15.5 Å². The van der Waals surface area contributed by atoms with Gasteiger partial charge in [0.05, 0.1) is 6.04 Å². The van der Waals surface area contributed by atoms with Gasteiger partial charge in [-0.1, -0.05) is 0 Å². The van der Waals surface area contributed by atoms with Crippen molar-refractivity contribution in [1.29, 1.82) is 0 Å². The molecule has 3 fully saturated rings. The van der Waals surface area contributed by atoms with Gasteiger partial charge in [-0.25, -0.2) is 4.39 Å². The lowest BCUT2D eigenvalue weighted by Gasteiger charge is -2.55. The smallest absolute Gasteiger partial charge is 0.254 e. The van der Waals surface area contributed by atoms with E-state index in [0.717, 1.165) is 30.8 Å². The van der Waals surface area contributed by atoms with Crippen molar-refractivity contribution < 1.29 is 18.8 Å². The zero-order chi connectivity index (χ0) is 19.4. The Morgan fingerprint density at radius 3 is 2.57 bits per heavy atom. The number of rotatable bonds is 4. The third-order valence-electron chi connectivity index (χ3n) is 6.67. The fraction of sp³-hybridized carbons (Fsp3) is 0.550. The Labute approximate surface area is 162 Å². The molecular formula is C20H23FN4O3. The molecule has 8 heteroatoms. The Kier molecular flexibility index (Phi) is 4.21. The predicted molar refractivity (Wildman–Crippen MR) is 99.7 cm³/mol. The molecule has 2 N–H and O–H groups in total. The number of piperidine rings is 2. The van der Waals surface area contributed by atoms with Gasteiger partial charge in [-0.3, -0.25) is 14.4 Å². The van der Waals surface area contributed by atoms with Crippen LogP contribution in [0.15, 0.2) is 12.1 Å². The summed E-state index contributed by atoms with van der Waals surface area (Å²) < 4.78 is 14.3. The van der Waals surface area contributed by atoms with Gasteiger partial charge < -0.3 is 20.4 Å². The Balaban J connectivity index is 1.38. The molecule has 4 aliphatic heterocycles. The summed E-state index contributed by atoms with van der Waals surface area (Å²) in [7, 11) is 0. The number of anilines is 1. The Hall–Kier alpha value is -2.32. The van der Waals surface area contributed by atoms with Crippen LogP contribution in [-0.4, -0.2) is 66.7 Å². The van der Waals surface area contributed by atoms with E-state index in [1.165, 1.54) is 6.07 Å². The molecule has 3 saturated heterocycles. The van der Waals surface area contributed by atoms with Crippen molar-refractivity contribution >= 4 is 23.7 Å². The van der Waals surface area contributed by atoms with Crippen molar-refractivity contribution in [2.24, 2.45) is 0 Å². The highest BCUT2D eigenvalue weighted by molar-refractivity contribution is 6.27. The molecule has 28 heavy (non-hydrogen) atoms. The summed E-state index contributed by atoms with van der Waals surface area (Å²) in [6, 6.07) is 3.11. The Bertz CT molecular complexity index is 838. The van der Waals surface area contributed by atoms with E-state index in [1.54, 1.807) is 11.0 Å². The molecule has 0 radical (unpaired) electrons. The van der Waals surface area contributed by atoms with Crippen LogP contribution in [0.4, 0.5) is 10.1 Å². The lowest BCUT2D eigenvalue weighted by molar-refractivity contribution is -0.131. The quantitative estimate of drug-likeness (QED) is 0.569. The summed E-state index contributed by atoms with van der Waals surface area (Å²) in [4.78, 5) is 39.3. The van der Waals surface area contributed by atoms with Crippen LogP contribution in [0.3, 0.4) is 0 Å². The number of carbonyl (C=O) groups excluding carboxylic acids is 3. The summed E-state index contributed by atoms with van der Waals surface area (Å²) in [6.07, 6.45) is 2.62. The number of halogens is 1. The zero-order valence-electron chi connectivity index (χ0n) is 15.5. The third kappa shape index (κ3) is 2.66. The van der Waals surface area contributed by atoms with Crippen LogP contribution in [0.5, 0.6) is 0 Å². The largest absolute Gasteiger partial charge is 0.362 e. The number of carbonyl (C=O) groups is 3. The minimum absolute atomic E-state index is 0.0657. The lowest BCUT2D eigenvalue weighted by Crippen LogP contribution is -2.68. The van der Waals surface area contributed by atoms with Crippen LogP contribution in [0.1, 0.15) is 35.2 Å². The van der Waals surface area contributed by atoms with Crippen LogP contribution in [-0.2, 0) is 16.1 Å². The minimum atomic E-state index is -0.463. The minimum Gasteiger partial charge on any atom is -0.362 e. The standard InChI is InChI=1S/C20H23FN4O3/c21-11-3-15-16(18(4-11)25-13-5-14(25)7-22-6-13)9-24(20(15)28)12-1-2-17(23-8-12)19(27)10-26/h3-4,10,12-14,17,22-23H,1-2,5-9H2. The van der Waals surface area contributed by atoms with Crippen LogP contribution >= 0.6 is 0 Å². The molecule has 1 aromatic carbocycles. The maximum absolute atomic E-state index is 14.3. The summed E-state index contributed by atoms with van der Waals surface area (Å²) in [5.41, 5.74) is 2.22. The van der Waals surface area contributed by atoms with Crippen LogP contribution < -0.4 is 15.5 Å². The number of aldehydes is 1. The van der Waals surface area contributed by atoms with Crippen LogP contribution in [0, 0.1) is 5.82 Å². The summed E-state index contributed by atoms with van der Waals surface area (Å²) in [5, 5.41) is 6.46. The molecule has 1 amide bonds. The summed E-state index contributed by atoms with van der Waals surface area (Å²) in [5.74, 6) is -0.969. The van der Waals surface area contributed by atoms with Gasteiger partial charge in [-0.05, 0) is 31.4 Å². The van der Waals surface area contributed by atoms with Gasteiger partial charge in [0.2, 0.25) is 5.78 Å². The SMILES string of the molecule is O=CC(=O)C1CCC(N2Cc3c(cc(F)cc3N3C4CNCC3C4)C2=O)CN1. The highest BCUT2D eigenvalue weighted by Gasteiger charge is 2.45. The zero-order valence-corrected chi connectivity index (χ0v) is 15.5. The molecule has 4 heterocycles. The third-order valence-corrected chi connectivity index (χ3v) is 6.67. The van der Waals surface area contributed by atoms with Gasteiger partial charge in [0.15, 0.2) is 6.29 Å². The second-order valence-corrected chi connectivity index (χ2v) is 8.21. The first-order valence-corrected chi connectivity index (χ1v) is 9.91. The van der Waals surface area contributed by atoms with Gasteiger partial charge in [-0.15, -0.1) is 0 Å². The first-order chi connectivity index (χ1) is 13.6. The van der Waals surface area contributed by atoms with E-state index in [9.17, 15) is 18.8 Å².